The normalized spacial score (nSPS) is 14.4. The lowest BCUT2D eigenvalue weighted by molar-refractivity contribution is -0.669. The van der Waals surface area contributed by atoms with Crippen LogP contribution in [-0.4, -0.2) is 6.54 Å². The van der Waals surface area contributed by atoms with E-state index in [9.17, 15) is 0 Å². The Morgan fingerprint density at radius 3 is 2.42 bits per heavy atom. The van der Waals surface area contributed by atoms with Gasteiger partial charge in [0.1, 0.15) is 4.70 Å². The van der Waals surface area contributed by atoms with Crippen LogP contribution >= 0.6 is 23.1 Å². The molecule has 0 radical (unpaired) electrons. The van der Waals surface area contributed by atoms with Crippen molar-refractivity contribution in [2.75, 3.05) is 11.4 Å². The van der Waals surface area contributed by atoms with Crippen molar-refractivity contribution in [2.24, 2.45) is 0 Å². The van der Waals surface area contributed by atoms with Gasteiger partial charge in [-0.3, -0.25) is 0 Å². The van der Waals surface area contributed by atoms with Gasteiger partial charge >= 0.3 is 0 Å². The Morgan fingerprint density at radius 1 is 0.868 bits per heavy atom. The second kappa shape index (κ2) is 14.2. The van der Waals surface area contributed by atoms with Crippen LogP contribution in [-0.2, 0) is 6.54 Å². The second-order valence-corrected chi connectivity index (χ2v) is 11.5. The average Bonchev–Trinajstić information content (AvgIpc) is 3.46. The maximum atomic E-state index is 2.50. The number of aromatic nitrogens is 1. The SMILES string of the molecule is CCCCN1/C(=C/C(/C=C/c2ccccc2)=C/c2sc3ccccc3[n+]2CCCC)Sc2ccccc21.[I-]. The first-order valence-electron chi connectivity index (χ1n) is 13.4. The molecule has 1 aromatic heterocycles. The summed E-state index contributed by atoms with van der Waals surface area (Å²) in [5.41, 5.74) is 5.10. The number of nitrogens with zero attached hydrogens (tertiary/aromatic N) is 2. The topological polar surface area (TPSA) is 7.12 Å². The van der Waals surface area contributed by atoms with Crippen molar-refractivity contribution in [1.29, 1.82) is 0 Å². The van der Waals surface area contributed by atoms with Crippen molar-refractivity contribution in [2.45, 2.75) is 51.0 Å². The van der Waals surface area contributed by atoms with E-state index < -0.39 is 0 Å². The zero-order chi connectivity index (χ0) is 25.5. The van der Waals surface area contributed by atoms with Gasteiger partial charge < -0.3 is 28.9 Å². The number of fused-ring (bicyclic) bond motifs is 2. The van der Waals surface area contributed by atoms with Crippen molar-refractivity contribution in [3.8, 4) is 0 Å². The molecule has 0 saturated heterocycles. The fourth-order valence-electron chi connectivity index (χ4n) is 4.59. The lowest BCUT2D eigenvalue weighted by Crippen LogP contribution is -3.00. The highest BCUT2D eigenvalue weighted by molar-refractivity contribution is 8.03. The number of unbranched alkanes of at least 4 members (excludes halogenated alkanes) is 2. The third kappa shape index (κ3) is 6.80. The predicted molar refractivity (Wildman–Crippen MR) is 163 cm³/mol. The molecule has 2 nitrogen and oxygen atoms in total. The molecule has 38 heavy (non-hydrogen) atoms. The summed E-state index contributed by atoms with van der Waals surface area (Å²) < 4.78 is 3.85. The molecular weight excluding hydrogens is 615 g/mol. The molecule has 2 heterocycles. The van der Waals surface area contributed by atoms with E-state index in [1.54, 1.807) is 0 Å². The minimum Gasteiger partial charge on any atom is -1.00 e. The number of allylic oxidation sites excluding steroid dienone is 3. The molecule has 1 aliphatic heterocycles. The van der Waals surface area contributed by atoms with E-state index in [0.717, 1.165) is 13.1 Å². The first kappa shape index (κ1) is 28.7. The van der Waals surface area contributed by atoms with Gasteiger partial charge in [-0.15, -0.1) is 0 Å². The van der Waals surface area contributed by atoms with Crippen molar-refractivity contribution in [3.63, 3.8) is 0 Å². The number of thiazole rings is 1. The monoisotopic (exact) mass is 650 g/mol. The molecule has 5 rings (SSSR count). The molecule has 0 aliphatic carbocycles. The average molecular weight is 651 g/mol. The maximum Gasteiger partial charge on any atom is 0.263 e. The lowest BCUT2D eigenvalue weighted by Gasteiger charge is -2.20. The van der Waals surface area contributed by atoms with Crippen LogP contribution in [0.3, 0.4) is 0 Å². The van der Waals surface area contributed by atoms with E-state index in [1.807, 2.05) is 23.1 Å². The van der Waals surface area contributed by atoms with E-state index in [-0.39, 0.29) is 24.0 Å². The predicted octanol–water partition coefficient (Wildman–Crippen LogP) is 6.34. The molecular formula is C33H35IN2S2. The van der Waals surface area contributed by atoms with Crippen LogP contribution in [0.5, 0.6) is 0 Å². The smallest absolute Gasteiger partial charge is 0.263 e. The Hall–Kier alpha value is -2.35. The highest BCUT2D eigenvalue weighted by atomic mass is 127. The van der Waals surface area contributed by atoms with Gasteiger partial charge in [-0.25, -0.2) is 0 Å². The van der Waals surface area contributed by atoms with Crippen molar-refractivity contribution in [3.05, 3.63) is 112 Å². The van der Waals surface area contributed by atoms with Crippen molar-refractivity contribution < 1.29 is 28.5 Å². The summed E-state index contributed by atoms with van der Waals surface area (Å²) in [7, 11) is 0. The number of thioether (sulfide) groups is 1. The Kier molecular flexibility index (Phi) is 10.7. The third-order valence-electron chi connectivity index (χ3n) is 6.59. The molecule has 0 amide bonds. The number of para-hydroxylation sites is 2. The molecule has 5 heteroatoms. The molecule has 0 spiro atoms. The summed E-state index contributed by atoms with van der Waals surface area (Å²) in [6.07, 6.45) is 14.0. The van der Waals surface area contributed by atoms with Gasteiger partial charge in [0.25, 0.3) is 5.01 Å². The van der Waals surface area contributed by atoms with E-state index in [0.29, 0.717) is 0 Å². The molecule has 0 N–H and O–H groups in total. The first-order valence-corrected chi connectivity index (χ1v) is 15.0. The van der Waals surface area contributed by atoms with Gasteiger partial charge in [0, 0.05) is 30.0 Å². The van der Waals surface area contributed by atoms with Gasteiger partial charge in [0.15, 0.2) is 6.54 Å². The van der Waals surface area contributed by atoms with E-state index >= 15 is 0 Å². The second-order valence-electron chi connectivity index (χ2n) is 9.36. The van der Waals surface area contributed by atoms with E-state index in [2.05, 4.69) is 126 Å². The summed E-state index contributed by atoms with van der Waals surface area (Å²) in [4.78, 5) is 3.85. The fourth-order valence-corrected chi connectivity index (χ4v) is 6.89. The Bertz CT molecular complexity index is 1440. The van der Waals surface area contributed by atoms with Gasteiger partial charge in [0.05, 0.1) is 10.7 Å². The number of anilines is 1. The van der Waals surface area contributed by atoms with Crippen LogP contribution in [0.2, 0.25) is 0 Å². The highest BCUT2D eigenvalue weighted by Crippen LogP contribution is 2.46. The molecule has 1 aliphatic rings. The van der Waals surface area contributed by atoms with Gasteiger partial charge in [-0.05, 0) is 41.8 Å². The molecule has 196 valence electrons. The summed E-state index contributed by atoms with van der Waals surface area (Å²) >= 11 is 3.77. The zero-order valence-corrected chi connectivity index (χ0v) is 25.9. The van der Waals surface area contributed by atoms with Crippen molar-refractivity contribution in [1.82, 2.24) is 0 Å². The van der Waals surface area contributed by atoms with Crippen LogP contribution in [0.4, 0.5) is 5.69 Å². The quantitative estimate of drug-likeness (QED) is 0.112. The minimum absolute atomic E-state index is 0. The minimum atomic E-state index is 0. The van der Waals surface area contributed by atoms with E-state index in [4.69, 9.17) is 0 Å². The molecule has 0 saturated carbocycles. The summed E-state index contributed by atoms with van der Waals surface area (Å²) in [5, 5.41) is 2.61. The third-order valence-corrected chi connectivity index (χ3v) is 8.82. The fraction of sp³-hybridized carbons (Fsp3) is 0.242. The maximum absolute atomic E-state index is 2.50. The van der Waals surface area contributed by atoms with Crippen molar-refractivity contribution >= 4 is 51.2 Å². The van der Waals surface area contributed by atoms with Crippen LogP contribution in [0.15, 0.2) is 107 Å². The summed E-state index contributed by atoms with van der Waals surface area (Å²) in [5.74, 6) is 0. The Morgan fingerprint density at radius 2 is 1.61 bits per heavy atom. The van der Waals surface area contributed by atoms with Crippen LogP contribution < -0.4 is 33.4 Å². The Balaban J connectivity index is 0.00000336. The number of hydrogen-bond acceptors (Lipinski definition) is 3. The van der Waals surface area contributed by atoms with Crippen LogP contribution in [0.25, 0.3) is 22.4 Å². The number of halogens is 1. The summed E-state index contributed by atoms with van der Waals surface area (Å²) in [6, 6.07) is 28.2. The molecule has 0 fully saturated rings. The van der Waals surface area contributed by atoms with Gasteiger partial charge in [0.2, 0.25) is 5.52 Å². The summed E-state index contributed by atoms with van der Waals surface area (Å²) in [6.45, 7) is 6.62. The molecule has 4 aromatic rings. The largest absolute Gasteiger partial charge is 1.00 e. The number of aryl methyl sites for hydroxylation is 1. The first-order chi connectivity index (χ1) is 18.3. The molecule has 0 unspecified atom stereocenters. The number of benzene rings is 3. The van der Waals surface area contributed by atoms with Crippen LogP contribution in [0, 0.1) is 0 Å². The lowest BCUT2D eigenvalue weighted by atomic mass is 10.1. The molecule has 3 aromatic carbocycles. The van der Waals surface area contributed by atoms with E-state index in [1.165, 1.54) is 67.7 Å². The number of rotatable bonds is 10. The van der Waals surface area contributed by atoms with Gasteiger partial charge in [-0.1, -0.05) is 117 Å². The molecule has 0 atom stereocenters. The number of hydrogen-bond donors (Lipinski definition) is 0. The molecule has 0 bridgehead atoms. The Labute approximate surface area is 252 Å². The zero-order valence-electron chi connectivity index (χ0n) is 22.1. The standard InChI is InChI=1S/C33H35N2S2.HI/c1-3-5-22-34-28-16-10-12-18-30(28)36-32(34)24-27(21-20-26-14-8-7-9-15-26)25-33-35(23-6-4-2)29-17-11-13-19-31(29)37-33;/h7-21,24-25H,3-6,22-23H2,1-2H3;1H/q+1;/p-1/b21-20+;. The highest BCUT2D eigenvalue weighted by Gasteiger charge is 2.25. The van der Waals surface area contributed by atoms with Crippen LogP contribution in [0.1, 0.15) is 50.1 Å². The van der Waals surface area contributed by atoms with Gasteiger partial charge in [-0.2, -0.15) is 4.57 Å².